The summed E-state index contributed by atoms with van der Waals surface area (Å²) in [6.07, 6.45) is 9.09. The molecule has 1 spiro atoms. The number of hydrogen-bond acceptors (Lipinski definition) is 2. The maximum Gasteiger partial charge on any atom is 0.0572 e. The molecule has 0 aromatic carbocycles. The highest BCUT2D eigenvalue weighted by molar-refractivity contribution is 5.09. The third-order valence-electron chi connectivity index (χ3n) is 3.97. The molecule has 2 atom stereocenters. The summed E-state index contributed by atoms with van der Waals surface area (Å²) in [4.78, 5) is 5.11. The predicted molar refractivity (Wildman–Crippen MR) is 57.8 cm³/mol. The summed E-state index contributed by atoms with van der Waals surface area (Å²) in [6.45, 7) is 4.16. The number of allylic oxidation sites excluding steroid dienone is 1. The number of rotatable bonds is 2. The second-order valence-corrected chi connectivity index (χ2v) is 4.91. The van der Waals surface area contributed by atoms with E-state index in [1.54, 1.807) is 7.11 Å². The van der Waals surface area contributed by atoms with Crippen molar-refractivity contribution in [3.05, 3.63) is 12.2 Å². The Hall–Kier alpha value is -0.340. The van der Waals surface area contributed by atoms with E-state index in [2.05, 4.69) is 12.1 Å². The summed E-state index contributed by atoms with van der Waals surface area (Å²) in [5.74, 6) is 0. The van der Waals surface area contributed by atoms with E-state index in [9.17, 15) is 0 Å². The average Bonchev–Trinajstić information content (AvgIpc) is 2.50. The highest BCUT2D eigenvalue weighted by atomic mass is 16.6. The summed E-state index contributed by atoms with van der Waals surface area (Å²) in [5.41, 5.74) is 5.11. The van der Waals surface area contributed by atoms with Gasteiger partial charge in [0.25, 0.3) is 0 Å². The van der Waals surface area contributed by atoms with Crippen molar-refractivity contribution in [3.63, 3.8) is 0 Å². The fourth-order valence-electron chi connectivity index (χ4n) is 3.34. The van der Waals surface area contributed by atoms with Crippen molar-refractivity contribution in [1.29, 1.82) is 0 Å². The van der Waals surface area contributed by atoms with Gasteiger partial charge >= 0.3 is 0 Å². The second-order valence-electron chi connectivity index (χ2n) is 4.91. The number of hydroxylamine groups is 1. The molecule has 0 radical (unpaired) electrons. The minimum atomic E-state index is 0.478. The van der Waals surface area contributed by atoms with Crippen LogP contribution in [0.1, 0.15) is 44.9 Å². The van der Waals surface area contributed by atoms with Gasteiger partial charge in [0.15, 0.2) is 0 Å². The van der Waals surface area contributed by atoms with Crippen LogP contribution in [0.2, 0.25) is 0 Å². The molecule has 2 fully saturated rings. The van der Waals surface area contributed by atoms with Crippen molar-refractivity contribution in [3.8, 4) is 0 Å². The number of hydrogen-bond donors (Lipinski definition) is 1. The molecule has 2 saturated carbocycles. The van der Waals surface area contributed by atoms with E-state index in [0.29, 0.717) is 11.5 Å². The summed E-state index contributed by atoms with van der Waals surface area (Å²) < 4.78 is 0. The van der Waals surface area contributed by atoms with Crippen LogP contribution in [0.4, 0.5) is 0 Å². The Bertz CT molecular complexity index is 226. The quantitative estimate of drug-likeness (QED) is 0.540. The van der Waals surface area contributed by atoms with Crippen molar-refractivity contribution < 1.29 is 4.84 Å². The fraction of sp³-hybridized carbons (Fsp3) is 0.833. The Morgan fingerprint density at radius 1 is 1.43 bits per heavy atom. The lowest BCUT2D eigenvalue weighted by atomic mass is 9.69. The van der Waals surface area contributed by atoms with Crippen LogP contribution in [-0.2, 0) is 4.84 Å². The van der Waals surface area contributed by atoms with Crippen molar-refractivity contribution >= 4 is 0 Å². The molecule has 0 aromatic rings. The van der Waals surface area contributed by atoms with Crippen LogP contribution >= 0.6 is 0 Å². The van der Waals surface area contributed by atoms with Crippen LogP contribution in [0.3, 0.4) is 0 Å². The van der Waals surface area contributed by atoms with Crippen molar-refractivity contribution in [1.82, 2.24) is 5.48 Å². The number of nitrogens with one attached hydrogen (secondary N) is 1. The third-order valence-corrected chi connectivity index (χ3v) is 3.97. The first-order valence-electron chi connectivity index (χ1n) is 5.72. The SMILES string of the molecule is C=C1CCCC2(CCCC2NOC)C1. The van der Waals surface area contributed by atoms with Gasteiger partial charge in [-0.05, 0) is 43.9 Å². The first-order valence-corrected chi connectivity index (χ1v) is 5.72. The van der Waals surface area contributed by atoms with Crippen molar-refractivity contribution in [2.24, 2.45) is 5.41 Å². The Labute approximate surface area is 86.7 Å². The molecule has 0 saturated heterocycles. The van der Waals surface area contributed by atoms with E-state index in [1.165, 1.54) is 50.5 Å². The van der Waals surface area contributed by atoms with Crippen LogP contribution in [0.15, 0.2) is 12.2 Å². The molecule has 0 amide bonds. The van der Waals surface area contributed by atoms with Gasteiger partial charge in [-0.3, -0.25) is 0 Å². The molecule has 2 unspecified atom stereocenters. The smallest absolute Gasteiger partial charge is 0.0572 e. The highest BCUT2D eigenvalue weighted by Gasteiger charge is 2.44. The molecule has 14 heavy (non-hydrogen) atoms. The van der Waals surface area contributed by atoms with Gasteiger partial charge in [0.2, 0.25) is 0 Å². The van der Waals surface area contributed by atoms with Gasteiger partial charge < -0.3 is 4.84 Å². The minimum Gasteiger partial charge on any atom is -0.305 e. The van der Waals surface area contributed by atoms with Gasteiger partial charge in [-0.25, -0.2) is 0 Å². The van der Waals surface area contributed by atoms with Gasteiger partial charge in [0, 0.05) is 6.04 Å². The molecule has 2 aliphatic carbocycles. The molecular weight excluding hydrogens is 174 g/mol. The molecule has 2 heteroatoms. The molecule has 0 heterocycles. The second kappa shape index (κ2) is 4.03. The van der Waals surface area contributed by atoms with E-state index < -0.39 is 0 Å². The molecule has 0 bridgehead atoms. The van der Waals surface area contributed by atoms with E-state index in [1.807, 2.05) is 0 Å². The van der Waals surface area contributed by atoms with Gasteiger partial charge in [-0.1, -0.05) is 18.6 Å². The van der Waals surface area contributed by atoms with Gasteiger partial charge in [0.05, 0.1) is 7.11 Å². The maximum atomic E-state index is 5.11. The molecule has 1 N–H and O–H groups in total. The van der Waals surface area contributed by atoms with Crippen LogP contribution in [0.5, 0.6) is 0 Å². The molecule has 2 nitrogen and oxygen atoms in total. The van der Waals surface area contributed by atoms with Crippen molar-refractivity contribution in [2.75, 3.05) is 7.11 Å². The average molecular weight is 195 g/mol. The summed E-state index contributed by atoms with van der Waals surface area (Å²) in [5, 5.41) is 0. The molecular formula is C12H21NO. The zero-order chi connectivity index (χ0) is 10.0. The van der Waals surface area contributed by atoms with E-state index >= 15 is 0 Å². The van der Waals surface area contributed by atoms with Crippen LogP contribution < -0.4 is 5.48 Å². The predicted octanol–water partition coefficient (Wildman–Crippen LogP) is 2.81. The first kappa shape index (κ1) is 10.2. The largest absolute Gasteiger partial charge is 0.305 e. The van der Waals surface area contributed by atoms with Crippen LogP contribution in [0.25, 0.3) is 0 Å². The zero-order valence-corrected chi connectivity index (χ0v) is 9.14. The topological polar surface area (TPSA) is 21.3 Å². The van der Waals surface area contributed by atoms with Gasteiger partial charge in [0.1, 0.15) is 0 Å². The standard InChI is InChI=1S/C12H21NO/c1-10-5-3-7-12(9-10)8-4-6-11(12)13-14-2/h11,13H,1,3-9H2,2H3. The monoisotopic (exact) mass is 195 g/mol. The molecule has 0 aliphatic heterocycles. The normalized spacial score (nSPS) is 38.1. The first-order chi connectivity index (χ1) is 6.77. The third kappa shape index (κ3) is 1.73. The zero-order valence-electron chi connectivity index (χ0n) is 9.14. The maximum absolute atomic E-state index is 5.11. The fourth-order valence-corrected chi connectivity index (χ4v) is 3.34. The minimum absolute atomic E-state index is 0.478. The van der Waals surface area contributed by atoms with E-state index in [-0.39, 0.29) is 0 Å². The van der Waals surface area contributed by atoms with Gasteiger partial charge in [-0.2, -0.15) is 5.48 Å². The molecule has 0 aromatic heterocycles. The Kier molecular flexibility index (Phi) is 2.93. The van der Waals surface area contributed by atoms with Crippen molar-refractivity contribution in [2.45, 2.75) is 51.0 Å². The summed E-state index contributed by atoms with van der Waals surface area (Å²) in [7, 11) is 1.73. The van der Waals surface area contributed by atoms with E-state index in [0.717, 1.165) is 0 Å². The lowest BCUT2D eigenvalue weighted by molar-refractivity contribution is 0.0132. The summed E-state index contributed by atoms with van der Waals surface area (Å²) in [6, 6.07) is 0.560. The van der Waals surface area contributed by atoms with Crippen LogP contribution in [-0.4, -0.2) is 13.2 Å². The molecule has 80 valence electrons. The van der Waals surface area contributed by atoms with Crippen LogP contribution in [0, 0.1) is 5.41 Å². The molecule has 2 aliphatic rings. The highest BCUT2D eigenvalue weighted by Crippen LogP contribution is 2.50. The van der Waals surface area contributed by atoms with E-state index in [4.69, 9.17) is 4.84 Å². The Morgan fingerprint density at radius 2 is 2.21 bits per heavy atom. The Morgan fingerprint density at radius 3 is 2.93 bits per heavy atom. The lowest BCUT2D eigenvalue weighted by Crippen LogP contribution is -2.42. The summed E-state index contributed by atoms with van der Waals surface area (Å²) >= 11 is 0. The Balaban J connectivity index is 2.07. The van der Waals surface area contributed by atoms with Gasteiger partial charge in [-0.15, -0.1) is 0 Å². The lowest BCUT2D eigenvalue weighted by Gasteiger charge is -2.39. The molecule has 2 rings (SSSR count).